The molecule has 0 amide bonds. The molecule has 2 N–H and O–H groups in total. The highest BCUT2D eigenvalue weighted by Gasteiger charge is 2.12. The van der Waals surface area contributed by atoms with E-state index in [1.165, 1.54) is 43.8 Å². The SMILES string of the molecule is CN(CCN1CCCC1)Cc1csc(N)n1. The van der Waals surface area contributed by atoms with Crippen LogP contribution in [0, 0.1) is 0 Å². The zero-order chi connectivity index (χ0) is 11.4. The van der Waals surface area contributed by atoms with Crippen molar-refractivity contribution in [3.8, 4) is 0 Å². The van der Waals surface area contributed by atoms with Gasteiger partial charge in [0.05, 0.1) is 5.69 Å². The van der Waals surface area contributed by atoms with Gasteiger partial charge in [0.15, 0.2) is 5.13 Å². The molecular weight excluding hydrogens is 220 g/mol. The van der Waals surface area contributed by atoms with Crippen molar-refractivity contribution in [2.24, 2.45) is 0 Å². The average Bonchev–Trinajstić information content (AvgIpc) is 2.87. The van der Waals surface area contributed by atoms with Gasteiger partial charge in [0.2, 0.25) is 0 Å². The van der Waals surface area contributed by atoms with E-state index in [0.717, 1.165) is 18.8 Å². The molecule has 5 heteroatoms. The smallest absolute Gasteiger partial charge is 0.180 e. The van der Waals surface area contributed by atoms with E-state index in [-0.39, 0.29) is 0 Å². The van der Waals surface area contributed by atoms with Crippen molar-refractivity contribution in [3.05, 3.63) is 11.1 Å². The van der Waals surface area contributed by atoms with Gasteiger partial charge in [0.1, 0.15) is 0 Å². The summed E-state index contributed by atoms with van der Waals surface area (Å²) in [6.07, 6.45) is 2.73. The van der Waals surface area contributed by atoms with Crippen molar-refractivity contribution >= 4 is 16.5 Å². The van der Waals surface area contributed by atoms with Crippen LogP contribution in [0.3, 0.4) is 0 Å². The summed E-state index contributed by atoms with van der Waals surface area (Å²) >= 11 is 1.52. The zero-order valence-electron chi connectivity index (χ0n) is 9.85. The molecule has 1 fully saturated rings. The molecule has 90 valence electrons. The minimum Gasteiger partial charge on any atom is -0.375 e. The maximum absolute atomic E-state index is 5.61. The van der Waals surface area contributed by atoms with Gasteiger partial charge in [-0.05, 0) is 33.0 Å². The quantitative estimate of drug-likeness (QED) is 0.841. The lowest BCUT2D eigenvalue weighted by molar-refractivity contribution is 0.251. The van der Waals surface area contributed by atoms with Crippen molar-refractivity contribution in [2.75, 3.05) is 39.0 Å². The van der Waals surface area contributed by atoms with Crippen molar-refractivity contribution in [2.45, 2.75) is 19.4 Å². The molecular formula is C11H20N4S. The second-order valence-electron chi connectivity index (χ2n) is 4.46. The minimum atomic E-state index is 0.669. The molecule has 2 heterocycles. The van der Waals surface area contributed by atoms with Gasteiger partial charge in [-0.3, -0.25) is 4.90 Å². The summed E-state index contributed by atoms with van der Waals surface area (Å²) in [6.45, 7) is 5.74. The van der Waals surface area contributed by atoms with Crippen LogP contribution in [0.25, 0.3) is 0 Å². The first kappa shape index (κ1) is 11.8. The van der Waals surface area contributed by atoms with Gasteiger partial charge in [0, 0.05) is 25.0 Å². The van der Waals surface area contributed by atoms with Gasteiger partial charge in [0.25, 0.3) is 0 Å². The first-order valence-electron chi connectivity index (χ1n) is 5.85. The lowest BCUT2D eigenvalue weighted by Crippen LogP contribution is -2.31. The summed E-state index contributed by atoms with van der Waals surface area (Å²) in [5.74, 6) is 0. The number of nitrogens with two attached hydrogens (primary N) is 1. The minimum absolute atomic E-state index is 0.669. The Morgan fingerprint density at radius 2 is 2.25 bits per heavy atom. The van der Waals surface area contributed by atoms with Crippen LogP contribution in [0.1, 0.15) is 18.5 Å². The third kappa shape index (κ3) is 3.43. The maximum Gasteiger partial charge on any atom is 0.180 e. The fourth-order valence-corrected chi connectivity index (χ4v) is 2.62. The number of hydrogen-bond acceptors (Lipinski definition) is 5. The Hall–Kier alpha value is -0.650. The van der Waals surface area contributed by atoms with Gasteiger partial charge >= 0.3 is 0 Å². The fourth-order valence-electron chi connectivity index (χ4n) is 2.07. The Morgan fingerprint density at radius 3 is 2.88 bits per heavy atom. The molecule has 0 bridgehead atoms. The summed E-state index contributed by atoms with van der Waals surface area (Å²) in [6, 6.07) is 0. The van der Waals surface area contributed by atoms with Gasteiger partial charge in [-0.2, -0.15) is 0 Å². The molecule has 4 nitrogen and oxygen atoms in total. The first-order chi connectivity index (χ1) is 7.74. The molecule has 0 unspecified atom stereocenters. The Morgan fingerprint density at radius 1 is 1.50 bits per heavy atom. The molecule has 2 rings (SSSR count). The normalized spacial score (nSPS) is 17.4. The molecule has 0 aliphatic carbocycles. The van der Waals surface area contributed by atoms with Crippen LogP contribution >= 0.6 is 11.3 Å². The van der Waals surface area contributed by atoms with E-state index in [4.69, 9.17) is 5.73 Å². The number of aromatic nitrogens is 1. The van der Waals surface area contributed by atoms with Crippen molar-refractivity contribution in [1.29, 1.82) is 0 Å². The Labute approximate surface area is 101 Å². The van der Waals surface area contributed by atoms with Crippen LogP contribution in [0.4, 0.5) is 5.13 Å². The molecule has 0 radical (unpaired) electrons. The lowest BCUT2D eigenvalue weighted by Gasteiger charge is -2.20. The predicted octanol–water partition coefficient (Wildman–Crippen LogP) is 1.25. The maximum atomic E-state index is 5.61. The topological polar surface area (TPSA) is 45.4 Å². The van der Waals surface area contributed by atoms with E-state index in [0.29, 0.717) is 5.13 Å². The second-order valence-corrected chi connectivity index (χ2v) is 5.35. The third-order valence-electron chi connectivity index (χ3n) is 3.00. The van der Waals surface area contributed by atoms with Crippen LogP contribution in [-0.2, 0) is 6.54 Å². The number of nitrogens with zero attached hydrogens (tertiary/aromatic N) is 3. The van der Waals surface area contributed by atoms with Crippen LogP contribution in [0.2, 0.25) is 0 Å². The van der Waals surface area contributed by atoms with E-state index < -0.39 is 0 Å². The monoisotopic (exact) mass is 240 g/mol. The number of anilines is 1. The summed E-state index contributed by atoms with van der Waals surface area (Å²) in [7, 11) is 2.14. The summed E-state index contributed by atoms with van der Waals surface area (Å²) < 4.78 is 0. The molecule has 1 aliphatic heterocycles. The highest BCUT2D eigenvalue weighted by atomic mass is 32.1. The highest BCUT2D eigenvalue weighted by Crippen LogP contribution is 2.12. The molecule has 0 saturated carbocycles. The molecule has 0 aromatic carbocycles. The van der Waals surface area contributed by atoms with Gasteiger partial charge in [-0.25, -0.2) is 4.98 Å². The number of nitrogen functional groups attached to an aromatic ring is 1. The highest BCUT2D eigenvalue weighted by molar-refractivity contribution is 7.13. The molecule has 16 heavy (non-hydrogen) atoms. The van der Waals surface area contributed by atoms with Crippen LogP contribution in [0.5, 0.6) is 0 Å². The summed E-state index contributed by atoms with van der Waals surface area (Å²) in [5.41, 5.74) is 6.70. The molecule has 1 aromatic heterocycles. The number of likely N-dealkylation sites (tertiary alicyclic amines) is 1. The summed E-state index contributed by atoms with van der Waals surface area (Å²) in [4.78, 5) is 9.12. The Kier molecular flexibility index (Phi) is 4.15. The lowest BCUT2D eigenvalue weighted by atomic mass is 10.4. The Bertz CT molecular complexity index is 320. The van der Waals surface area contributed by atoms with Gasteiger partial charge < -0.3 is 10.6 Å². The van der Waals surface area contributed by atoms with Crippen molar-refractivity contribution in [1.82, 2.24) is 14.8 Å². The van der Waals surface area contributed by atoms with E-state index >= 15 is 0 Å². The van der Waals surface area contributed by atoms with E-state index in [2.05, 4.69) is 21.8 Å². The van der Waals surface area contributed by atoms with E-state index in [9.17, 15) is 0 Å². The standard InChI is InChI=1S/C11H20N4S/c1-14(6-7-15-4-2-3-5-15)8-10-9-16-11(12)13-10/h9H,2-8H2,1H3,(H2,12,13). The molecule has 0 atom stereocenters. The summed E-state index contributed by atoms with van der Waals surface area (Å²) in [5, 5.41) is 2.71. The average molecular weight is 240 g/mol. The third-order valence-corrected chi connectivity index (χ3v) is 3.72. The number of likely N-dealkylation sites (N-methyl/N-ethyl adjacent to an activating group) is 1. The molecule has 1 saturated heterocycles. The van der Waals surface area contributed by atoms with Gasteiger partial charge in [-0.1, -0.05) is 0 Å². The van der Waals surface area contributed by atoms with E-state index in [1.54, 1.807) is 0 Å². The molecule has 1 aromatic rings. The van der Waals surface area contributed by atoms with Crippen molar-refractivity contribution < 1.29 is 0 Å². The number of thiazole rings is 1. The van der Waals surface area contributed by atoms with Crippen LogP contribution in [0.15, 0.2) is 5.38 Å². The largest absolute Gasteiger partial charge is 0.375 e. The number of rotatable bonds is 5. The molecule has 0 spiro atoms. The van der Waals surface area contributed by atoms with Gasteiger partial charge in [-0.15, -0.1) is 11.3 Å². The zero-order valence-corrected chi connectivity index (χ0v) is 10.7. The number of hydrogen-bond donors (Lipinski definition) is 1. The fraction of sp³-hybridized carbons (Fsp3) is 0.727. The van der Waals surface area contributed by atoms with E-state index in [1.807, 2.05) is 5.38 Å². The van der Waals surface area contributed by atoms with Crippen LogP contribution in [-0.4, -0.2) is 48.0 Å². The van der Waals surface area contributed by atoms with Crippen molar-refractivity contribution in [3.63, 3.8) is 0 Å². The molecule has 1 aliphatic rings. The first-order valence-corrected chi connectivity index (χ1v) is 6.73. The predicted molar refractivity (Wildman–Crippen MR) is 68.5 cm³/mol. The van der Waals surface area contributed by atoms with Crippen LogP contribution < -0.4 is 5.73 Å². The second kappa shape index (κ2) is 5.61. The Balaban J connectivity index is 1.69.